The largest absolute Gasteiger partial charge is 0.381 e. The summed E-state index contributed by atoms with van der Waals surface area (Å²) in [4.78, 5) is 47.4. The zero-order valence-corrected chi connectivity index (χ0v) is 20.0. The van der Waals surface area contributed by atoms with E-state index in [4.69, 9.17) is 4.74 Å². The van der Waals surface area contributed by atoms with Crippen LogP contribution in [0.3, 0.4) is 0 Å². The van der Waals surface area contributed by atoms with Crippen molar-refractivity contribution in [2.24, 2.45) is 11.8 Å². The van der Waals surface area contributed by atoms with E-state index in [0.717, 1.165) is 31.2 Å². The van der Waals surface area contributed by atoms with Gasteiger partial charge in [0.2, 0.25) is 11.8 Å². The van der Waals surface area contributed by atoms with Crippen LogP contribution in [0.25, 0.3) is 0 Å². The lowest BCUT2D eigenvalue weighted by Gasteiger charge is -2.32. The molecule has 5 rings (SSSR count). The number of aromatic nitrogens is 2. The molecule has 0 aromatic carbocycles. The van der Waals surface area contributed by atoms with Gasteiger partial charge in [0.25, 0.3) is 5.91 Å². The van der Waals surface area contributed by atoms with Crippen LogP contribution in [-0.4, -0.2) is 46.9 Å². The van der Waals surface area contributed by atoms with Crippen LogP contribution in [-0.2, 0) is 19.7 Å². The van der Waals surface area contributed by atoms with Gasteiger partial charge in [-0.2, -0.15) is 0 Å². The first-order chi connectivity index (χ1) is 16.5. The Morgan fingerprint density at radius 3 is 2.68 bits per heavy atom. The van der Waals surface area contributed by atoms with Crippen LogP contribution < -0.4 is 16.0 Å². The van der Waals surface area contributed by atoms with Crippen LogP contribution in [0.4, 0.5) is 11.5 Å². The third-order valence-electron chi connectivity index (χ3n) is 7.47. The molecule has 3 amide bonds. The fraction of sp³-hybridized carbons (Fsp3) is 0.542. The van der Waals surface area contributed by atoms with Crippen molar-refractivity contribution in [1.29, 1.82) is 0 Å². The van der Waals surface area contributed by atoms with Gasteiger partial charge in [-0.15, -0.1) is 11.3 Å². The van der Waals surface area contributed by atoms with E-state index in [-0.39, 0.29) is 23.6 Å². The third kappa shape index (κ3) is 4.32. The van der Waals surface area contributed by atoms with E-state index in [0.29, 0.717) is 49.2 Å². The number of fused-ring (bicyclic) bond motifs is 2. The van der Waals surface area contributed by atoms with E-state index in [1.807, 2.05) is 0 Å². The number of hydrogen-bond acceptors (Lipinski definition) is 7. The molecule has 9 nitrogen and oxygen atoms in total. The van der Waals surface area contributed by atoms with E-state index >= 15 is 0 Å². The number of rotatable bonds is 5. The molecule has 3 aliphatic rings. The number of anilines is 2. The summed E-state index contributed by atoms with van der Waals surface area (Å²) in [6.45, 7) is 3.28. The van der Waals surface area contributed by atoms with Crippen LogP contribution >= 0.6 is 11.3 Å². The maximum atomic E-state index is 13.4. The molecule has 0 bridgehead atoms. The van der Waals surface area contributed by atoms with Crippen molar-refractivity contribution < 1.29 is 19.1 Å². The third-order valence-corrected chi connectivity index (χ3v) is 8.05. The van der Waals surface area contributed by atoms with E-state index in [1.54, 1.807) is 23.2 Å². The average molecular weight is 484 g/mol. The smallest absolute Gasteiger partial charge is 0.271 e. The summed E-state index contributed by atoms with van der Waals surface area (Å²) < 4.78 is 5.45. The van der Waals surface area contributed by atoms with Crippen molar-refractivity contribution in [2.75, 3.05) is 23.8 Å². The van der Waals surface area contributed by atoms with Gasteiger partial charge in [0.15, 0.2) is 0 Å². The molecular weight excluding hydrogens is 454 g/mol. The van der Waals surface area contributed by atoms with Crippen molar-refractivity contribution in [3.63, 3.8) is 0 Å². The highest BCUT2D eigenvalue weighted by Gasteiger charge is 2.48. The molecule has 180 valence electrons. The number of hydrogen-bond donors (Lipinski definition) is 3. The summed E-state index contributed by atoms with van der Waals surface area (Å²) in [6.07, 6.45) is 6.70. The Balaban J connectivity index is 1.34. The Labute approximate surface area is 202 Å². The van der Waals surface area contributed by atoms with E-state index in [2.05, 4.69) is 32.8 Å². The normalized spacial score (nSPS) is 24.2. The van der Waals surface area contributed by atoms with Crippen molar-refractivity contribution in [1.82, 2.24) is 15.3 Å². The molecule has 0 radical (unpaired) electrons. The Hall–Kier alpha value is -2.85. The lowest BCUT2D eigenvalue weighted by Crippen LogP contribution is -2.49. The quantitative estimate of drug-likeness (QED) is 0.601. The number of ether oxygens (including phenoxy) is 1. The van der Waals surface area contributed by atoms with Crippen molar-refractivity contribution in [3.05, 3.63) is 34.4 Å². The van der Waals surface area contributed by atoms with Crippen molar-refractivity contribution in [3.8, 4) is 0 Å². The summed E-state index contributed by atoms with van der Waals surface area (Å²) in [5.74, 6) is 0.314. The number of nitrogens with zero attached hydrogens (tertiary/aromatic N) is 2. The number of pyridine rings is 1. The molecule has 2 aromatic heterocycles. The van der Waals surface area contributed by atoms with E-state index in [9.17, 15) is 14.4 Å². The molecule has 10 heteroatoms. The van der Waals surface area contributed by atoms with Crippen LogP contribution in [0.2, 0.25) is 0 Å². The molecule has 0 unspecified atom stereocenters. The first-order valence-electron chi connectivity index (χ1n) is 11.9. The Kier molecular flexibility index (Phi) is 6.35. The van der Waals surface area contributed by atoms with Crippen molar-refractivity contribution in [2.45, 2.75) is 56.9 Å². The summed E-state index contributed by atoms with van der Waals surface area (Å²) in [7, 11) is 0. The molecule has 1 saturated carbocycles. The van der Waals surface area contributed by atoms with E-state index in [1.165, 1.54) is 11.3 Å². The summed E-state index contributed by atoms with van der Waals surface area (Å²) in [5.41, 5.74) is 2.83. The van der Waals surface area contributed by atoms with Crippen molar-refractivity contribution >= 4 is 40.6 Å². The van der Waals surface area contributed by atoms with Gasteiger partial charge in [-0.25, -0.2) is 9.97 Å². The van der Waals surface area contributed by atoms with Gasteiger partial charge >= 0.3 is 0 Å². The number of amides is 3. The predicted octanol–water partition coefficient (Wildman–Crippen LogP) is 3.10. The molecule has 1 atom stereocenters. The molecular formula is C24H29N5O4S. The van der Waals surface area contributed by atoms with Gasteiger partial charge in [0, 0.05) is 36.4 Å². The zero-order valence-electron chi connectivity index (χ0n) is 19.1. The molecule has 1 saturated heterocycles. The maximum absolute atomic E-state index is 13.4. The number of nitrogens with one attached hydrogen (secondary N) is 3. The standard InChI is InChI=1S/C24H29N5O4S/c1-14-2-4-15(5-3-14)20(29-21(30)18-12-34-13-26-18)22(31)28-19-10-17-16(11-25-19)24(23(32)27-17)6-8-33-9-7-24/h10-15,20H,2-9H2,1H3,(H,27,32)(H,29,30)(H,25,28,31)/t14?,15?,20-/m0/s1. The fourth-order valence-electron chi connectivity index (χ4n) is 5.35. The summed E-state index contributed by atoms with van der Waals surface area (Å²) >= 11 is 1.34. The first-order valence-corrected chi connectivity index (χ1v) is 12.8. The molecule has 1 spiro atoms. The number of carbonyl (C=O) groups excluding carboxylic acids is 3. The van der Waals surface area contributed by atoms with Crippen LogP contribution in [0.1, 0.15) is 61.5 Å². The molecule has 2 aliphatic heterocycles. The second-order valence-corrected chi connectivity index (χ2v) is 10.3. The topological polar surface area (TPSA) is 122 Å². The van der Waals surface area contributed by atoms with Gasteiger partial charge in [-0.3, -0.25) is 14.4 Å². The number of thiazole rings is 1. The van der Waals surface area contributed by atoms with Crippen LogP contribution in [0, 0.1) is 11.8 Å². The Morgan fingerprint density at radius 1 is 1.21 bits per heavy atom. The maximum Gasteiger partial charge on any atom is 0.271 e. The zero-order chi connectivity index (χ0) is 23.7. The lowest BCUT2D eigenvalue weighted by molar-refractivity contribution is -0.124. The molecule has 2 fully saturated rings. The molecule has 1 aliphatic carbocycles. The minimum Gasteiger partial charge on any atom is -0.381 e. The molecule has 2 aromatic rings. The van der Waals surface area contributed by atoms with Gasteiger partial charge in [-0.05, 0) is 37.5 Å². The monoisotopic (exact) mass is 483 g/mol. The Bertz CT molecular complexity index is 1080. The van der Waals surface area contributed by atoms with Crippen LogP contribution in [0.5, 0.6) is 0 Å². The second-order valence-electron chi connectivity index (χ2n) is 9.60. The predicted molar refractivity (Wildman–Crippen MR) is 128 cm³/mol. The minimum atomic E-state index is -0.687. The SMILES string of the molecule is CC1CCC([C@H](NC(=O)c2cscn2)C(=O)Nc2cc3c(cn2)C2(CCOCC2)C(=O)N3)CC1. The second kappa shape index (κ2) is 9.42. The molecule has 34 heavy (non-hydrogen) atoms. The lowest BCUT2D eigenvalue weighted by atomic mass is 9.76. The Morgan fingerprint density at radius 2 is 1.97 bits per heavy atom. The fourth-order valence-corrected chi connectivity index (χ4v) is 5.88. The van der Waals surface area contributed by atoms with Gasteiger partial charge in [-0.1, -0.05) is 19.8 Å². The highest BCUT2D eigenvalue weighted by atomic mass is 32.1. The minimum absolute atomic E-state index is 0.0402. The summed E-state index contributed by atoms with van der Waals surface area (Å²) in [6, 6.07) is 1.02. The number of carbonyl (C=O) groups is 3. The molecule has 3 N–H and O–H groups in total. The highest BCUT2D eigenvalue weighted by molar-refractivity contribution is 7.07. The van der Waals surface area contributed by atoms with Gasteiger partial charge in [0.05, 0.1) is 16.6 Å². The average Bonchev–Trinajstić information content (AvgIpc) is 3.46. The first kappa shape index (κ1) is 22.9. The van der Waals surface area contributed by atoms with Gasteiger partial charge in [0.1, 0.15) is 17.6 Å². The highest BCUT2D eigenvalue weighted by Crippen LogP contribution is 2.44. The van der Waals surface area contributed by atoms with Crippen LogP contribution in [0.15, 0.2) is 23.2 Å². The van der Waals surface area contributed by atoms with Gasteiger partial charge < -0.3 is 20.7 Å². The summed E-state index contributed by atoms with van der Waals surface area (Å²) in [5, 5.41) is 10.4. The molecule has 4 heterocycles. The van der Waals surface area contributed by atoms with E-state index < -0.39 is 11.5 Å².